The van der Waals surface area contributed by atoms with Crippen LogP contribution >= 0.6 is 0 Å². The van der Waals surface area contributed by atoms with Crippen molar-refractivity contribution in [2.24, 2.45) is 4.40 Å². The molecule has 0 saturated carbocycles. The predicted octanol–water partition coefficient (Wildman–Crippen LogP) is 4.61. The van der Waals surface area contributed by atoms with Gasteiger partial charge in [0.15, 0.2) is 0 Å². The van der Waals surface area contributed by atoms with Gasteiger partial charge in [-0.3, -0.25) is 4.79 Å². The molecule has 0 atom stereocenters. The average Bonchev–Trinajstić information content (AvgIpc) is 2.97. The van der Waals surface area contributed by atoms with E-state index in [-0.39, 0.29) is 22.8 Å². The third kappa shape index (κ3) is 7.56. The van der Waals surface area contributed by atoms with Crippen LogP contribution in [0.2, 0.25) is 0 Å². The molecule has 7 nitrogen and oxygen atoms in total. The van der Waals surface area contributed by atoms with E-state index in [1.165, 1.54) is 42.5 Å². The molecular weight excluding hydrogens is 471 g/mol. The first-order chi connectivity index (χ1) is 16.0. The van der Waals surface area contributed by atoms with Gasteiger partial charge in [0.05, 0.1) is 11.5 Å². The first-order valence-corrected chi connectivity index (χ1v) is 12.2. The number of rotatable bonds is 7. The first-order valence-electron chi connectivity index (χ1n) is 10.7. The maximum Gasteiger partial charge on any atom is 0.411 e. The van der Waals surface area contributed by atoms with E-state index in [1.54, 1.807) is 6.07 Å². The largest absolute Gasteiger partial charge is 0.411 e. The molecule has 1 aliphatic rings. The summed E-state index contributed by atoms with van der Waals surface area (Å²) in [6, 6.07) is 11.7. The Morgan fingerprint density at radius 2 is 1.85 bits per heavy atom. The highest BCUT2D eigenvalue weighted by molar-refractivity contribution is 7.90. The Hall–Kier alpha value is -2.92. The van der Waals surface area contributed by atoms with Gasteiger partial charge in [-0.2, -0.15) is 21.6 Å². The van der Waals surface area contributed by atoms with Crippen LogP contribution in [-0.4, -0.2) is 51.4 Å². The van der Waals surface area contributed by atoms with E-state index in [0.717, 1.165) is 25.8 Å². The number of amidine groups is 1. The molecule has 184 valence electrons. The highest BCUT2D eigenvalue weighted by Gasteiger charge is 2.27. The molecule has 2 aromatic rings. The van der Waals surface area contributed by atoms with E-state index >= 15 is 0 Å². The standard InChI is InChI=1S/C23H26F3N3O4S/c1-29-13-4-2-3-8-21(29)28-34(31,32)20-7-5-6-19(14-20)27-22(30)18-11-9-17(10-12-18)15-33-16-23(24,25)26/h5-7,9-12,14H,2-4,8,13,15-16H2,1H3,(H,27,30). The van der Waals surface area contributed by atoms with Gasteiger partial charge in [0, 0.05) is 31.3 Å². The third-order valence-electron chi connectivity index (χ3n) is 5.20. The summed E-state index contributed by atoms with van der Waals surface area (Å²) in [6.45, 7) is -0.840. The number of carbonyl (C=O) groups is 1. The molecule has 1 fully saturated rings. The molecule has 0 bridgehead atoms. The lowest BCUT2D eigenvalue weighted by Gasteiger charge is -2.17. The average molecular weight is 498 g/mol. The molecule has 11 heteroatoms. The van der Waals surface area contributed by atoms with Crippen LogP contribution in [-0.2, 0) is 21.4 Å². The summed E-state index contributed by atoms with van der Waals surface area (Å²) in [5.74, 6) is 0.0263. The van der Waals surface area contributed by atoms with Gasteiger partial charge in [0.25, 0.3) is 15.9 Å². The highest BCUT2D eigenvalue weighted by atomic mass is 32.2. The summed E-state index contributed by atoms with van der Waals surface area (Å²) < 4.78 is 70.8. The van der Waals surface area contributed by atoms with Gasteiger partial charge < -0.3 is 15.0 Å². The lowest BCUT2D eigenvalue weighted by atomic mass is 10.1. The normalized spacial score (nSPS) is 16.4. The van der Waals surface area contributed by atoms with Crippen molar-refractivity contribution >= 4 is 27.5 Å². The van der Waals surface area contributed by atoms with E-state index < -0.39 is 28.7 Å². The number of anilines is 1. The minimum Gasteiger partial charge on any atom is -0.367 e. The molecule has 0 aromatic heterocycles. The fourth-order valence-electron chi connectivity index (χ4n) is 3.41. The zero-order valence-corrected chi connectivity index (χ0v) is 19.5. The second-order valence-electron chi connectivity index (χ2n) is 8.00. The summed E-state index contributed by atoms with van der Waals surface area (Å²) in [5.41, 5.74) is 1.02. The van der Waals surface area contributed by atoms with Crippen molar-refractivity contribution in [1.29, 1.82) is 0 Å². The number of likely N-dealkylation sites (tertiary alicyclic amines) is 1. The van der Waals surface area contributed by atoms with Crippen molar-refractivity contribution in [3.05, 3.63) is 59.7 Å². The smallest absolute Gasteiger partial charge is 0.367 e. The third-order valence-corrected chi connectivity index (χ3v) is 6.50. The molecule has 3 rings (SSSR count). The minimum atomic E-state index is -4.40. The van der Waals surface area contributed by atoms with E-state index in [9.17, 15) is 26.4 Å². The number of amides is 1. The van der Waals surface area contributed by atoms with Gasteiger partial charge >= 0.3 is 6.18 Å². The Labute approximate surface area is 196 Å². The topological polar surface area (TPSA) is 88.1 Å². The van der Waals surface area contributed by atoms with Gasteiger partial charge in [0.1, 0.15) is 12.4 Å². The lowest BCUT2D eigenvalue weighted by Crippen LogP contribution is -2.26. The maximum absolute atomic E-state index is 12.8. The number of benzene rings is 2. The molecule has 0 aliphatic carbocycles. The monoisotopic (exact) mass is 497 g/mol. The molecule has 0 unspecified atom stereocenters. The van der Waals surface area contributed by atoms with Crippen LogP contribution in [0, 0.1) is 0 Å². The zero-order chi connectivity index (χ0) is 24.8. The van der Waals surface area contributed by atoms with Crippen LogP contribution in [0.3, 0.4) is 0 Å². The number of halogens is 3. The minimum absolute atomic E-state index is 0.0346. The van der Waals surface area contributed by atoms with Crippen LogP contribution in [0.4, 0.5) is 18.9 Å². The van der Waals surface area contributed by atoms with Gasteiger partial charge in [-0.15, -0.1) is 4.40 Å². The molecule has 2 aromatic carbocycles. The van der Waals surface area contributed by atoms with E-state index in [1.807, 2.05) is 11.9 Å². The number of carbonyl (C=O) groups excluding carboxylic acids is 1. The van der Waals surface area contributed by atoms with Crippen molar-refractivity contribution in [2.75, 3.05) is 25.5 Å². The van der Waals surface area contributed by atoms with Crippen LogP contribution in [0.15, 0.2) is 57.8 Å². The predicted molar refractivity (Wildman–Crippen MR) is 122 cm³/mol. The number of hydrogen-bond acceptors (Lipinski definition) is 4. The quantitative estimate of drug-likeness (QED) is 0.604. The highest BCUT2D eigenvalue weighted by Crippen LogP contribution is 2.21. The Kier molecular flexibility index (Phi) is 8.32. The molecule has 0 radical (unpaired) electrons. The number of ether oxygens (including phenoxy) is 1. The lowest BCUT2D eigenvalue weighted by molar-refractivity contribution is -0.176. The number of sulfonamides is 1. The van der Waals surface area contributed by atoms with Crippen LogP contribution in [0.1, 0.15) is 41.6 Å². The Balaban J connectivity index is 1.67. The molecule has 0 spiro atoms. The Bertz CT molecular complexity index is 1130. The molecular formula is C23H26F3N3O4S. The molecule has 1 heterocycles. The van der Waals surface area contributed by atoms with Crippen LogP contribution < -0.4 is 5.32 Å². The summed E-state index contributed by atoms with van der Waals surface area (Å²) in [4.78, 5) is 14.4. The van der Waals surface area contributed by atoms with Crippen molar-refractivity contribution in [3.63, 3.8) is 0 Å². The van der Waals surface area contributed by atoms with Gasteiger partial charge in [-0.05, 0) is 48.7 Å². The SMILES string of the molecule is CN1CCCCCC1=NS(=O)(=O)c1cccc(NC(=O)c2ccc(COCC(F)(F)F)cc2)c1. The zero-order valence-electron chi connectivity index (χ0n) is 18.6. The van der Waals surface area contributed by atoms with Crippen molar-refractivity contribution in [3.8, 4) is 0 Å². The van der Waals surface area contributed by atoms with Gasteiger partial charge in [-0.25, -0.2) is 0 Å². The van der Waals surface area contributed by atoms with Gasteiger partial charge in [-0.1, -0.05) is 24.6 Å². The molecule has 1 amide bonds. The van der Waals surface area contributed by atoms with Crippen LogP contribution in [0.5, 0.6) is 0 Å². The molecule has 1 saturated heterocycles. The summed E-state index contributed by atoms with van der Waals surface area (Å²) in [6.07, 6.45) is -0.935. The first kappa shape index (κ1) is 25.7. The number of nitrogens with zero attached hydrogens (tertiary/aromatic N) is 2. The van der Waals surface area contributed by atoms with E-state index in [0.29, 0.717) is 17.8 Å². The summed E-state index contributed by atoms with van der Waals surface area (Å²) >= 11 is 0. The van der Waals surface area contributed by atoms with E-state index in [2.05, 4.69) is 14.5 Å². The fourth-order valence-corrected chi connectivity index (χ4v) is 4.55. The molecule has 34 heavy (non-hydrogen) atoms. The maximum atomic E-state index is 12.8. The van der Waals surface area contributed by atoms with E-state index in [4.69, 9.17) is 0 Å². The number of nitrogens with one attached hydrogen (secondary N) is 1. The Morgan fingerprint density at radius 3 is 2.56 bits per heavy atom. The summed E-state index contributed by atoms with van der Waals surface area (Å²) in [7, 11) is -2.13. The fraction of sp³-hybridized carbons (Fsp3) is 0.391. The van der Waals surface area contributed by atoms with Crippen molar-refractivity contribution in [2.45, 2.75) is 43.4 Å². The van der Waals surface area contributed by atoms with Crippen molar-refractivity contribution in [1.82, 2.24) is 4.90 Å². The second-order valence-corrected chi connectivity index (χ2v) is 9.61. The molecule has 1 N–H and O–H groups in total. The summed E-state index contributed by atoms with van der Waals surface area (Å²) in [5, 5.41) is 2.63. The Morgan fingerprint density at radius 1 is 1.12 bits per heavy atom. The number of alkyl halides is 3. The molecule has 1 aliphatic heterocycles. The number of hydrogen-bond donors (Lipinski definition) is 1. The van der Waals surface area contributed by atoms with Gasteiger partial charge in [0.2, 0.25) is 0 Å². The second kappa shape index (κ2) is 11.0. The van der Waals surface area contributed by atoms with Crippen LogP contribution in [0.25, 0.3) is 0 Å². The van der Waals surface area contributed by atoms with Crippen molar-refractivity contribution < 1.29 is 31.1 Å².